The quantitative estimate of drug-likeness (QED) is 0.916. The number of aromatic nitrogens is 2. The summed E-state index contributed by atoms with van der Waals surface area (Å²) >= 11 is 0. The average molecular weight is 327 g/mol. The second-order valence-electron chi connectivity index (χ2n) is 7.77. The number of hydrogen-bond donors (Lipinski definition) is 1. The Bertz CT molecular complexity index is 565. The van der Waals surface area contributed by atoms with Crippen LogP contribution in [0.15, 0.2) is 6.07 Å². The van der Waals surface area contributed by atoms with Gasteiger partial charge in [0.15, 0.2) is 0 Å². The van der Waals surface area contributed by atoms with Crippen LogP contribution >= 0.6 is 0 Å². The second kappa shape index (κ2) is 6.21. The fraction of sp³-hybridized carbons (Fsp3) is 0.765. The molecule has 1 aromatic heterocycles. The van der Waals surface area contributed by atoms with Gasteiger partial charge in [-0.2, -0.15) is 5.10 Å². The third kappa shape index (κ3) is 4.30. The summed E-state index contributed by atoms with van der Waals surface area (Å²) in [6.07, 6.45) is 0.639. The zero-order valence-corrected chi connectivity index (χ0v) is 14.6. The van der Waals surface area contributed by atoms with Gasteiger partial charge in [0.2, 0.25) is 5.92 Å². The first-order chi connectivity index (χ1) is 10.5. The predicted octanol–water partition coefficient (Wildman–Crippen LogP) is 3.88. The van der Waals surface area contributed by atoms with Gasteiger partial charge in [0, 0.05) is 31.8 Å². The molecule has 1 amide bonds. The Morgan fingerprint density at radius 2 is 1.96 bits per heavy atom. The maximum absolute atomic E-state index is 13.3. The first kappa shape index (κ1) is 17.9. The van der Waals surface area contributed by atoms with Crippen molar-refractivity contribution in [2.45, 2.75) is 71.3 Å². The van der Waals surface area contributed by atoms with Gasteiger partial charge in [-0.05, 0) is 31.2 Å². The fourth-order valence-electron chi connectivity index (χ4n) is 2.72. The van der Waals surface area contributed by atoms with Gasteiger partial charge in [-0.15, -0.1) is 0 Å². The number of carbonyl (C=O) groups excluding carboxylic acids is 1. The van der Waals surface area contributed by atoms with E-state index in [9.17, 15) is 13.6 Å². The van der Waals surface area contributed by atoms with Crippen LogP contribution in [0.1, 0.15) is 75.5 Å². The first-order valence-electron chi connectivity index (χ1n) is 8.22. The summed E-state index contributed by atoms with van der Waals surface area (Å²) in [6, 6.07) is 1.76. The lowest BCUT2D eigenvalue weighted by Crippen LogP contribution is -2.42. The van der Waals surface area contributed by atoms with Crippen LogP contribution in [0, 0.1) is 5.41 Å². The highest BCUT2D eigenvalue weighted by Gasteiger charge is 2.36. The van der Waals surface area contributed by atoms with Gasteiger partial charge in [0.25, 0.3) is 5.91 Å². The second-order valence-corrected chi connectivity index (χ2v) is 7.77. The van der Waals surface area contributed by atoms with Crippen molar-refractivity contribution in [1.29, 1.82) is 0 Å². The number of carbonyl (C=O) groups is 1. The largest absolute Gasteiger partial charge is 0.348 e. The van der Waals surface area contributed by atoms with Gasteiger partial charge in [-0.3, -0.25) is 9.48 Å². The van der Waals surface area contributed by atoms with Gasteiger partial charge in [0.05, 0.1) is 5.69 Å². The van der Waals surface area contributed by atoms with Gasteiger partial charge < -0.3 is 5.32 Å². The number of halogens is 2. The predicted molar refractivity (Wildman–Crippen MR) is 85.7 cm³/mol. The Kier molecular flexibility index (Phi) is 4.83. The molecule has 23 heavy (non-hydrogen) atoms. The third-order valence-electron chi connectivity index (χ3n) is 4.91. The smallest absolute Gasteiger partial charge is 0.269 e. The Hall–Kier alpha value is -1.46. The van der Waals surface area contributed by atoms with E-state index in [1.165, 1.54) is 0 Å². The van der Waals surface area contributed by atoms with Crippen LogP contribution in [0.5, 0.6) is 0 Å². The van der Waals surface area contributed by atoms with Crippen molar-refractivity contribution in [2.24, 2.45) is 12.5 Å². The first-order valence-corrected chi connectivity index (χ1v) is 8.22. The van der Waals surface area contributed by atoms with E-state index in [4.69, 9.17) is 0 Å². The molecule has 0 spiro atoms. The number of nitrogens with zero attached hydrogens (tertiary/aromatic N) is 2. The molecule has 6 heteroatoms. The molecule has 0 radical (unpaired) electrons. The standard InChI is InChI=1S/C17H27F2N3O/c1-11(16(2,3)4)20-15(23)14-10-13(21-22(14)5)12-6-8-17(18,19)9-7-12/h10-12H,6-9H2,1-5H3,(H,20,23). The van der Waals surface area contributed by atoms with Crippen molar-refractivity contribution in [1.82, 2.24) is 15.1 Å². The summed E-state index contributed by atoms with van der Waals surface area (Å²) in [4.78, 5) is 12.4. The Morgan fingerprint density at radius 3 is 2.48 bits per heavy atom. The molecule has 1 unspecified atom stereocenters. The maximum Gasteiger partial charge on any atom is 0.269 e. The summed E-state index contributed by atoms with van der Waals surface area (Å²) in [7, 11) is 1.72. The normalized spacial score (nSPS) is 20.3. The Labute approximate surface area is 136 Å². The number of alkyl halides is 2. The molecule has 2 rings (SSSR count). The number of nitrogens with one attached hydrogen (secondary N) is 1. The minimum absolute atomic E-state index is 0.0155. The molecule has 1 heterocycles. The molecule has 1 saturated carbocycles. The summed E-state index contributed by atoms with van der Waals surface area (Å²) in [6.45, 7) is 8.16. The van der Waals surface area contributed by atoms with Crippen molar-refractivity contribution in [3.05, 3.63) is 17.5 Å². The van der Waals surface area contributed by atoms with E-state index in [1.807, 2.05) is 6.92 Å². The molecule has 0 bridgehead atoms. The van der Waals surface area contributed by atoms with Crippen molar-refractivity contribution >= 4 is 5.91 Å². The molecule has 0 saturated heterocycles. The lowest BCUT2D eigenvalue weighted by molar-refractivity contribution is -0.0385. The van der Waals surface area contributed by atoms with Crippen LogP contribution in [0.25, 0.3) is 0 Å². The van der Waals surface area contributed by atoms with Crippen molar-refractivity contribution in [3.63, 3.8) is 0 Å². The van der Waals surface area contributed by atoms with E-state index in [-0.39, 0.29) is 36.1 Å². The van der Waals surface area contributed by atoms with Crippen molar-refractivity contribution in [3.8, 4) is 0 Å². The summed E-state index contributed by atoms with van der Waals surface area (Å²) in [5.41, 5.74) is 1.19. The molecule has 1 aliphatic rings. The zero-order chi connectivity index (χ0) is 17.4. The minimum Gasteiger partial charge on any atom is -0.348 e. The summed E-state index contributed by atoms with van der Waals surface area (Å²) in [5.74, 6) is -2.70. The molecule has 1 fully saturated rings. The lowest BCUT2D eigenvalue weighted by atomic mass is 9.85. The Balaban J connectivity index is 2.08. The molecule has 1 aliphatic carbocycles. The third-order valence-corrected chi connectivity index (χ3v) is 4.91. The van der Waals surface area contributed by atoms with Crippen molar-refractivity contribution in [2.75, 3.05) is 0 Å². The number of rotatable bonds is 3. The summed E-state index contributed by atoms with van der Waals surface area (Å²) < 4.78 is 28.1. The monoisotopic (exact) mass is 327 g/mol. The topological polar surface area (TPSA) is 46.9 Å². The summed E-state index contributed by atoms with van der Waals surface area (Å²) in [5, 5.41) is 7.37. The van der Waals surface area contributed by atoms with Crippen LogP contribution in [-0.2, 0) is 7.05 Å². The molecular weight excluding hydrogens is 300 g/mol. The molecule has 130 valence electrons. The van der Waals surface area contributed by atoms with Gasteiger partial charge in [-0.1, -0.05) is 20.8 Å². The number of amides is 1. The Morgan fingerprint density at radius 1 is 1.39 bits per heavy atom. The minimum atomic E-state index is -2.55. The SMILES string of the molecule is CC(NC(=O)c1cc(C2CCC(F)(F)CC2)nn1C)C(C)(C)C. The van der Waals surface area contributed by atoms with Gasteiger partial charge in [0.1, 0.15) is 5.69 Å². The molecule has 4 nitrogen and oxygen atoms in total. The van der Waals surface area contributed by atoms with Gasteiger partial charge in [-0.25, -0.2) is 8.78 Å². The van der Waals surface area contributed by atoms with E-state index in [0.29, 0.717) is 18.5 Å². The molecule has 1 atom stereocenters. The fourth-order valence-corrected chi connectivity index (χ4v) is 2.72. The van der Waals surface area contributed by atoms with E-state index in [1.54, 1.807) is 17.8 Å². The highest BCUT2D eigenvalue weighted by molar-refractivity contribution is 5.92. The van der Waals surface area contributed by atoms with Gasteiger partial charge >= 0.3 is 0 Å². The van der Waals surface area contributed by atoms with E-state index < -0.39 is 5.92 Å². The zero-order valence-electron chi connectivity index (χ0n) is 14.6. The molecular formula is C17H27F2N3O. The average Bonchev–Trinajstić information content (AvgIpc) is 2.79. The van der Waals surface area contributed by atoms with Crippen molar-refractivity contribution < 1.29 is 13.6 Å². The molecule has 1 N–H and O–H groups in total. The molecule has 0 aromatic carbocycles. The maximum atomic E-state index is 13.3. The van der Waals surface area contributed by atoms with Crippen LogP contribution in [0.3, 0.4) is 0 Å². The highest BCUT2D eigenvalue weighted by atomic mass is 19.3. The van der Waals surface area contributed by atoms with E-state index in [2.05, 4.69) is 31.2 Å². The lowest BCUT2D eigenvalue weighted by Gasteiger charge is -2.28. The van der Waals surface area contributed by atoms with Crippen LogP contribution in [0.2, 0.25) is 0 Å². The number of aryl methyl sites for hydroxylation is 1. The number of hydrogen-bond acceptors (Lipinski definition) is 2. The van der Waals surface area contributed by atoms with Crippen LogP contribution < -0.4 is 5.32 Å². The van der Waals surface area contributed by atoms with Crippen LogP contribution in [0.4, 0.5) is 8.78 Å². The van der Waals surface area contributed by atoms with E-state index in [0.717, 1.165) is 5.69 Å². The molecule has 1 aromatic rings. The van der Waals surface area contributed by atoms with E-state index >= 15 is 0 Å². The molecule has 0 aliphatic heterocycles. The highest BCUT2D eigenvalue weighted by Crippen LogP contribution is 2.40. The van der Waals surface area contributed by atoms with Crippen LogP contribution in [-0.4, -0.2) is 27.7 Å².